The van der Waals surface area contributed by atoms with Gasteiger partial charge in [0, 0.05) is 42.9 Å². The number of nitrogens with zero attached hydrogens (tertiary/aromatic N) is 4. The van der Waals surface area contributed by atoms with E-state index in [1.165, 1.54) is 4.90 Å². The number of carbonyl (C=O) groups excluding carboxylic acids is 3. The lowest BCUT2D eigenvalue weighted by atomic mass is 9.85. The molecule has 4 N–H and O–H groups in total. The SMILES string of the molecule is Cc1ncsc1-c1ccc(CNC(=O)[C@@H]2C[C@@H](O)CN2C(=O)[C@@H](NC(=O)CCCCCCCCCCOc2ccc3c(-c4ccc(C(=O)O)c(C5CCCC5)c4)ncnc3c2)C(C)(C)C)cc1. The van der Waals surface area contributed by atoms with Crippen LogP contribution in [0.1, 0.15) is 144 Å². The zero-order valence-corrected chi connectivity index (χ0v) is 40.2. The van der Waals surface area contributed by atoms with Gasteiger partial charge >= 0.3 is 5.97 Å². The lowest BCUT2D eigenvalue weighted by Gasteiger charge is -2.35. The number of likely N-dealkylation sites (tertiary alicyclic amines) is 1. The number of aryl methyl sites for hydroxylation is 1. The molecule has 0 spiro atoms. The monoisotopic (exact) mass is 930 g/mol. The highest BCUT2D eigenvalue weighted by atomic mass is 32.1. The molecule has 3 amide bonds. The first-order valence-electron chi connectivity index (χ1n) is 24.1. The van der Waals surface area contributed by atoms with E-state index in [0.717, 1.165) is 132 Å². The number of ether oxygens (including phenoxy) is 1. The fourth-order valence-corrected chi connectivity index (χ4v) is 10.3. The topological polar surface area (TPSA) is 184 Å². The smallest absolute Gasteiger partial charge is 0.335 e. The van der Waals surface area contributed by atoms with Gasteiger partial charge in [0.1, 0.15) is 24.2 Å². The van der Waals surface area contributed by atoms with Crippen molar-refractivity contribution in [3.63, 3.8) is 0 Å². The van der Waals surface area contributed by atoms with Gasteiger partial charge in [0.05, 0.1) is 45.6 Å². The summed E-state index contributed by atoms with van der Waals surface area (Å²) in [5.74, 6) is -0.750. The number of hydrogen-bond donors (Lipinski definition) is 4. The minimum absolute atomic E-state index is 0.0357. The predicted molar refractivity (Wildman–Crippen MR) is 262 cm³/mol. The Morgan fingerprint density at radius 3 is 2.25 bits per heavy atom. The van der Waals surface area contributed by atoms with Gasteiger partial charge in [-0.25, -0.2) is 19.7 Å². The summed E-state index contributed by atoms with van der Waals surface area (Å²) in [6, 6.07) is 17.7. The van der Waals surface area contributed by atoms with Gasteiger partial charge in [0.2, 0.25) is 17.7 Å². The number of carboxylic acids is 1. The number of fused-ring (bicyclic) bond motifs is 1. The van der Waals surface area contributed by atoms with Crippen LogP contribution in [0.3, 0.4) is 0 Å². The number of carboxylic acid groups (broad SMARTS) is 1. The summed E-state index contributed by atoms with van der Waals surface area (Å²) in [6.07, 6.45) is 13.4. The van der Waals surface area contributed by atoms with Crippen molar-refractivity contribution in [2.24, 2.45) is 5.41 Å². The molecule has 2 fully saturated rings. The molecule has 2 aliphatic rings. The van der Waals surface area contributed by atoms with Crippen molar-refractivity contribution < 1.29 is 34.1 Å². The van der Waals surface area contributed by atoms with Crippen molar-refractivity contribution in [3.8, 4) is 27.4 Å². The Morgan fingerprint density at radius 2 is 1.57 bits per heavy atom. The van der Waals surface area contributed by atoms with Crippen LogP contribution >= 0.6 is 11.3 Å². The van der Waals surface area contributed by atoms with Crippen LogP contribution in [0.4, 0.5) is 0 Å². The van der Waals surface area contributed by atoms with Crippen LogP contribution in [0.5, 0.6) is 5.75 Å². The number of aromatic carboxylic acids is 1. The van der Waals surface area contributed by atoms with E-state index < -0.39 is 29.6 Å². The number of aliphatic hydroxyl groups excluding tert-OH is 1. The quantitative estimate of drug-likeness (QED) is 0.0517. The lowest BCUT2D eigenvalue weighted by Crippen LogP contribution is -2.57. The van der Waals surface area contributed by atoms with Gasteiger partial charge in [-0.05, 0) is 84.9 Å². The first-order chi connectivity index (χ1) is 32.3. The number of β-amino-alcohol motifs (C(OH)–C–C–N with tert-alkyl or cyclic N) is 1. The molecule has 1 saturated carbocycles. The average Bonchev–Trinajstić information content (AvgIpc) is 4.10. The number of nitrogens with one attached hydrogen (secondary N) is 2. The van der Waals surface area contributed by atoms with Gasteiger partial charge in [-0.3, -0.25) is 14.4 Å². The van der Waals surface area contributed by atoms with Crippen LogP contribution in [0.2, 0.25) is 0 Å². The molecule has 0 bridgehead atoms. The second kappa shape index (κ2) is 22.8. The fourth-order valence-electron chi connectivity index (χ4n) is 9.49. The lowest BCUT2D eigenvalue weighted by molar-refractivity contribution is -0.144. The molecule has 7 rings (SSSR count). The van der Waals surface area contributed by atoms with E-state index >= 15 is 0 Å². The zero-order valence-electron chi connectivity index (χ0n) is 39.4. The molecule has 0 radical (unpaired) electrons. The maximum Gasteiger partial charge on any atom is 0.335 e. The van der Waals surface area contributed by atoms with Crippen molar-refractivity contribution in [2.75, 3.05) is 13.2 Å². The van der Waals surface area contributed by atoms with Crippen LogP contribution in [0.15, 0.2) is 72.5 Å². The molecule has 1 saturated heterocycles. The molecule has 2 aromatic heterocycles. The van der Waals surface area contributed by atoms with Crippen LogP contribution in [-0.2, 0) is 20.9 Å². The zero-order chi connectivity index (χ0) is 47.5. The van der Waals surface area contributed by atoms with Gasteiger partial charge in [0.25, 0.3) is 0 Å². The third-order valence-corrected chi connectivity index (χ3v) is 14.2. The minimum atomic E-state index is -0.890. The van der Waals surface area contributed by atoms with Crippen molar-refractivity contribution in [3.05, 3.63) is 94.9 Å². The van der Waals surface area contributed by atoms with E-state index in [-0.39, 0.29) is 43.1 Å². The van der Waals surface area contributed by atoms with Crippen LogP contribution in [0.25, 0.3) is 32.6 Å². The second-order valence-electron chi connectivity index (χ2n) is 19.4. The number of aliphatic hydroxyl groups is 1. The minimum Gasteiger partial charge on any atom is -0.494 e. The molecule has 3 heterocycles. The number of amides is 3. The summed E-state index contributed by atoms with van der Waals surface area (Å²) in [7, 11) is 0. The number of benzene rings is 3. The summed E-state index contributed by atoms with van der Waals surface area (Å²) < 4.78 is 6.11. The summed E-state index contributed by atoms with van der Waals surface area (Å²) in [4.78, 5) is 68.6. The van der Waals surface area contributed by atoms with E-state index in [2.05, 4.69) is 25.6 Å². The van der Waals surface area contributed by atoms with E-state index in [0.29, 0.717) is 18.6 Å². The van der Waals surface area contributed by atoms with Crippen LogP contribution in [0, 0.1) is 12.3 Å². The highest BCUT2D eigenvalue weighted by molar-refractivity contribution is 7.13. The summed E-state index contributed by atoms with van der Waals surface area (Å²) in [5, 5.41) is 27.3. The number of aromatic nitrogens is 3. The molecule has 356 valence electrons. The number of thiazole rings is 1. The second-order valence-corrected chi connectivity index (χ2v) is 20.2. The number of rotatable bonds is 21. The molecule has 3 aromatic carbocycles. The normalized spacial score (nSPS) is 16.9. The van der Waals surface area contributed by atoms with E-state index in [9.17, 15) is 29.4 Å². The first kappa shape index (κ1) is 49.2. The highest BCUT2D eigenvalue weighted by Crippen LogP contribution is 2.39. The van der Waals surface area contributed by atoms with Crippen LogP contribution < -0.4 is 15.4 Å². The van der Waals surface area contributed by atoms with Gasteiger partial charge in [-0.15, -0.1) is 11.3 Å². The third-order valence-electron chi connectivity index (χ3n) is 13.2. The van der Waals surface area contributed by atoms with Crippen molar-refractivity contribution >= 4 is 45.9 Å². The summed E-state index contributed by atoms with van der Waals surface area (Å²) in [5.41, 5.74) is 7.90. The van der Waals surface area contributed by atoms with Gasteiger partial charge < -0.3 is 30.5 Å². The fraction of sp³-hybridized carbons (Fsp3) is 0.491. The standard InChI is InChI=1S/C53H66N6O7S/c1-34-48(67-33-57-34)37-20-18-35(19-21-37)30-54-50(62)45-28-39(60)31-59(45)51(63)49(53(2,3)4)58-46(61)17-11-9-7-5-6-8-10-14-26-66-40-23-25-42-44(29-40)55-32-56-47(42)38-22-24-41(52(64)65)43(27-38)36-15-12-13-16-36/h18-25,27,29,32-33,36,39,45,49,60H,5-17,26,28,30-31H2,1-4H3,(H,54,62)(H,58,61)(H,64,65)/t39-,45+,49-/m1/s1. The summed E-state index contributed by atoms with van der Waals surface area (Å²) >= 11 is 1.58. The Labute approximate surface area is 398 Å². The highest BCUT2D eigenvalue weighted by Gasteiger charge is 2.44. The first-order valence-corrected chi connectivity index (χ1v) is 24.9. The van der Waals surface area contributed by atoms with E-state index in [1.807, 2.05) is 87.8 Å². The molecule has 1 aliphatic carbocycles. The maximum atomic E-state index is 14.0. The maximum absolute atomic E-state index is 14.0. The Bertz CT molecular complexity index is 2500. The Morgan fingerprint density at radius 1 is 0.866 bits per heavy atom. The molecular formula is C53H66N6O7S. The molecule has 3 atom stereocenters. The number of carbonyl (C=O) groups is 4. The largest absolute Gasteiger partial charge is 0.494 e. The predicted octanol–water partition coefficient (Wildman–Crippen LogP) is 9.78. The Hall–Kier alpha value is -5.73. The van der Waals surface area contributed by atoms with Crippen LogP contribution in [-0.4, -0.2) is 85.1 Å². The van der Waals surface area contributed by atoms with Crippen molar-refractivity contribution in [1.82, 2.24) is 30.5 Å². The Kier molecular flexibility index (Phi) is 16.8. The summed E-state index contributed by atoms with van der Waals surface area (Å²) in [6.45, 7) is 8.60. The molecule has 14 heteroatoms. The van der Waals surface area contributed by atoms with E-state index in [1.54, 1.807) is 23.7 Å². The average molecular weight is 931 g/mol. The van der Waals surface area contributed by atoms with Gasteiger partial charge in [0.15, 0.2) is 0 Å². The van der Waals surface area contributed by atoms with Crippen molar-refractivity contribution in [1.29, 1.82) is 0 Å². The number of hydrogen-bond acceptors (Lipinski definition) is 10. The number of unbranched alkanes of at least 4 members (excludes halogenated alkanes) is 7. The molecule has 67 heavy (non-hydrogen) atoms. The van der Waals surface area contributed by atoms with Gasteiger partial charge in [-0.2, -0.15) is 0 Å². The van der Waals surface area contributed by atoms with E-state index in [4.69, 9.17) is 4.74 Å². The Balaban J connectivity index is 0.785. The van der Waals surface area contributed by atoms with Crippen molar-refractivity contribution in [2.45, 2.75) is 148 Å². The molecular weight excluding hydrogens is 865 g/mol. The molecule has 1 aliphatic heterocycles. The third kappa shape index (κ3) is 12.8. The molecule has 13 nitrogen and oxygen atoms in total. The molecule has 0 unspecified atom stereocenters. The molecule has 5 aromatic rings. The van der Waals surface area contributed by atoms with Gasteiger partial charge in [-0.1, -0.05) is 102 Å².